The highest BCUT2D eigenvalue weighted by Gasteiger charge is 2.55. The third-order valence-electron chi connectivity index (χ3n) is 4.91. The van der Waals surface area contributed by atoms with Gasteiger partial charge in [0.2, 0.25) is 12.2 Å². The predicted octanol–water partition coefficient (Wildman–Crippen LogP) is 3.06. The third kappa shape index (κ3) is 4.37. The summed E-state index contributed by atoms with van der Waals surface area (Å²) in [6.45, 7) is 1.57. The zero-order chi connectivity index (χ0) is 20.1. The van der Waals surface area contributed by atoms with Crippen LogP contribution in [0, 0.1) is 11.8 Å². The zero-order valence-corrected chi connectivity index (χ0v) is 16.4. The number of carbonyl (C=O) groups is 3. The van der Waals surface area contributed by atoms with Gasteiger partial charge in [-0.25, -0.2) is 9.69 Å². The number of fused-ring (bicyclic) bond motifs is 1. The van der Waals surface area contributed by atoms with Crippen molar-refractivity contribution in [3.8, 4) is 11.8 Å². The second kappa shape index (κ2) is 8.76. The number of hydrogen-bond donors (Lipinski definition) is 0. The van der Waals surface area contributed by atoms with Crippen LogP contribution in [0.15, 0.2) is 30.3 Å². The number of aryl methyl sites for hydroxylation is 1. The molecule has 0 saturated carbocycles. The van der Waals surface area contributed by atoms with Gasteiger partial charge in [0.15, 0.2) is 11.4 Å². The number of ether oxygens (including phenoxy) is 2. The molecule has 1 aromatic rings. The van der Waals surface area contributed by atoms with Crippen LogP contribution in [0.5, 0.6) is 0 Å². The molecule has 1 aromatic carbocycles. The van der Waals surface area contributed by atoms with Crippen molar-refractivity contribution < 1.29 is 23.9 Å². The molecule has 2 heterocycles. The topological polar surface area (TPSA) is 72.9 Å². The van der Waals surface area contributed by atoms with Crippen LogP contribution in [0.2, 0.25) is 0 Å². The summed E-state index contributed by atoms with van der Waals surface area (Å²) in [5.41, 5.74) is -0.0562. The van der Waals surface area contributed by atoms with Crippen LogP contribution in [-0.4, -0.2) is 46.5 Å². The molecule has 0 unspecified atom stereocenters. The minimum atomic E-state index is -1.35. The van der Waals surface area contributed by atoms with Crippen molar-refractivity contribution in [1.82, 2.24) is 4.90 Å². The van der Waals surface area contributed by atoms with E-state index >= 15 is 0 Å². The average molecular weight is 404 g/mol. The first-order chi connectivity index (χ1) is 13.4. The van der Waals surface area contributed by atoms with Crippen LogP contribution in [-0.2, 0) is 25.5 Å². The van der Waals surface area contributed by atoms with Crippen LogP contribution < -0.4 is 0 Å². The van der Waals surface area contributed by atoms with E-state index in [4.69, 9.17) is 21.1 Å². The second-order valence-corrected chi connectivity index (χ2v) is 7.26. The minimum Gasteiger partial charge on any atom is -0.417 e. The zero-order valence-electron chi connectivity index (χ0n) is 15.7. The highest BCUT2D eigenvalue weighted by atomic mass is 35.5. The Bertz CT molecular complexity index is 815. The van der Waals surface area contributed by atoms with Crippen molar-refractivity contribution >= 4 is 29.4 Å². The standard InChI is InChI=1S/C21H22ClNO5/c1-21(12-8-3-2-5-9-15-10-6-4-7-11-15)17(24)13-16-19(28-21)27-20(26)23(16)18(25)14-22/h4,6-7,10-11,16,19H,2-3,5,9,13-14H2,1H3/t16-,19+,21-/m1/s1. The molecule has 2 amide bonds. The van der Waals surface area contributed by atoms with Gasteiger partial charge < -0.3 is 9.47 Å². The summed E-state index contributed by atoms with van der Waals surface area (Å²) in [6, 6.07) is 9.44. The van der Waals surface area contributed by atoms with Gasteiger partial charge in [-0.15, -0.1) is 11.6 Å². The normalized spacial score (nSPS) is 26.3. The molecule has 2 fully saturated rings. The Morgan fingerprint density at radius 1 is 1.29 bits per heavy atom. The number of alkyl halides is 1. The fourth-order valence-electron chi connectivity index (χ4n) is 3.33. The number of imide groups is 1. The average Bonchev–Trinajstić information content (AvgIpc) is 2.99. The number of Topliss-reactive ketones (excluding diaryl/α,β-unsaturated/α-hetero) is 1. The van der Waals surface area contributed by atoms with E-state index in [1.807, 2.05) is 18.2 Å². The Kier molecular flexibility index (Phi) is 6.38. The first-order valence-electron chi connectivity index (χ1n) is 9.28. The van der Waals surface area contributed by atoms with Gasteiger partial charge in [-0.1, -0.05) is 42.2 Å². The first-order valence-corrected chi connectivity index (χ1v) is 9.82. The van der Waals surface area contributed by atoms with Gasteiger partial charge in [-0.05, 0) is 31.7 Å². The molecule has 0 aliphatic carbocycles. The quantitative estimate of drug-likeness (QED) is 0.429. The van der Waals surface area contributed by atoms with Crippen LogP contribution >= 0.6 is 11.6 Å². The smallest absolute Gasteiger partial charge is 0.417 e. The number of hydrogen-bond acceptors (Lipinski definition) is 5. The fraction of sp³-hybridized carbons (Fsp3) is 0.476. The molecule has 6 nitrogen and oxygen atoms in total. The van der Waals surface area contributed by atoms with Crippen LogP contribution in [0.3, 0.4) is 0 Å². The SMILES string of the molecule is C[C@]1(C#CCCCCc2ccccc2)O[C@@H]2OC(=O)N(C(=O)CCl)[C@@H]2CC1=O. The van der Waals surface area contributed by atoms with E-state index in [9.17, 15) is 14.4 Å². The Hall–Kier alpha value is -2.36. The number of unbranched alkanes of at least 4 members (excludes halogenated alkanes) is 2. The van der Waals surface area contributed by atoms with Gasteiger partial charge >= 0.3 is 6.09 Å². The van der Waals surface area contributed by atoms with E-state index in [0.29, 0.717) is 6.42 Å². The first kappa shape index (κ1) is 20.4. The molecule has 0 N–H and O–H groups in total. The maximum Gasteiger partial charge on any atom is 0.419 e. The molecule has 2 aliphatic rings. The summed E-state index contributed by atoms with van der Waals surface area (Å²) in [5.74, 6) is 4.64. The van der Waals surface area contributed by atoms with E-state index in [1.54, 1.807) is 6.92 Å². The highest BCUT2D eigenvalue weighted by Crippen LogP contribution is 2.34. The Labute approximate surface area is 169 Å². The molecule has 7 heteroatoms. The van der Waals surface area contributed by atoms with Crippen molar-refractivity contribution in [3.63, 3.8) is 0 Å². The Morgan fingerprint density at radius 2 is 2.04 bits per heavy atom. The molecule has 3 rings (SSSR count). The van der Waals surface area contributed by atoms with Gasteiger partial charge in [0.25, 0.3) is 0 Å². The Morgan fingerprint density at radius 3 is 2.75 bits per heavy atom. The molecule has 0 aromatic heterocycles. The molecule has 0 radical (unpaired) electrons. The van der Waals surface area contributed by atoms with Crippen molar-refractivity contribution in [2.75, 3.05) is 5.88 Å². The number of amides is 2. The lowest BCUT2D eigenvalue weighted by molar-refractivity contribution is -0.187. The monoisotopic (exact) mass is 403 g/mol. The summed E-state index contributed by atoms with van der Waals surface area (Å²) in [5, 5.41) is 0. The number of ketones is 1. The van der Waals surface area contributed by atoms with E-state index in [2.05, 4.69) is 24.0 Å². The van der Waals surface area contributed by atoms with E-state index in [0.717, 1.165) is 24.2 Å². The summed E-state index contributed by atoms with van der Waals surface area (Å²) in [6.07, 6.45) is 1.63. The van der Waals surface area contributed by atoms with E-state index < -0.39 is 29.9 Å². The Balaban J connectivity index is 1.54. The fourth-order valence-corrected chi connectivity index (χ4v) is 3.46. The maximum absolute atomic E-state index is 12.6. The largest absolute Gasteiger partial charge is 0.419 e. The summed E-state index contributed by atoms with van der Waals surface area (Å²) in [7, 11) is 0. The number of halogens is 1. The maximum atomic E-state index is 12.6. The minimum absolute atomic E-state index is 0.0573. The number of carbonyl (C=O) groups excluding carboxylic acids is 3. The predicted molar refractivity (Wildman–Crippen MR) is 103 cm³/mol. The number of rotatable bonds is 5. The second-order valence-electron chi connectivity index (χ2n) is 6.99. The van der Waals surface area contributed by atoms with E-state index in [1.165, 1.54) is 5.56 Å². The highest BCUT2D eigenvalue weighted by molar-refractivity contribution is 6.28. The summed E-state index contributed by atoms with van der Waals surface area (Å²) in [4.78, 5) is 37.2. The van der Waals surface area contributed by atoms with Gasteiger partial charge in [-0.3, -0.25) is 9.59 Å². The van der Waals surface area contributed by atoms with Crippen molar-refractivity contribution in [3.05, 3.63) is 35.9 Å². The van der Waals surface area contributed by atoms with Gasteiger partial charge in [0.1, 0.15) is 11.9 Å². The van der Waals surface area contributed by atoms with Crippen molar-refractivity contribution in [2.24, 2.45) is 0 Å². The van der Waals surface area contributed by atoms with Crippen molar-refractivity contribution in [2.45, 2.75) is 57.0 Å². The lowest BCUT2D eigenvalue weighted by Gasteiger charge is -2.34. The number of nitrogens with zero attached hydrogens (tertiary/aromatic N) is 1. The lowest BCUT2D eigenvalue weighted by Crippen LogP contribution is -2.54. The lowest BCUT2D eigenvalue weighted by atomic mass is 9.91. The molecule has 28 heavy (non-hydrogen) atoms. The van der Waals surface area contributed by atoms with Crippen LogP contribution in [0.25, 0.3) is 0 Å². The van der Waals surface area contributed by atoms with Gasteiger partial charge in [-0.2, -0.15) is 0 Å². The summed E-state index contributed by atoms with van der Waals surface area (Å²) < 4.78 is 10.8. The van der Waals surface area contributed by atoms with Crippen LogP contribution in [0.4, 0.5) is 4.79 Å². The molecule has 0 spiro atoms. The molecule has 2 aliphatic heterocycles. The molecular weight excluding hydrogens is 382 g/mol. The number of benzene rings is 1. The van der Waals surface area contributed by atoms with Crippen molar-refractivity contribution in [1.29, 1.82) is 0 Å². The van der Waals surface area contributed by atoms with Crippen LogP contribution in [0.1, 0.15) is 38.2 Å². The van der Waals surface area contributed by atoms with Gasteiger partial charge in [0, 0.05) is 12.8 Å². The molecular formula is C21H22ClNO5. The molecule has 2 saturated heterocycles. The molecule has 148 valence electrons. The van der Waals surface area contributed by atoms with E-state index in [-0.39, 0.29) is 18.1 Å². The molecule has 0 bridgehead atoms. The third-order valence-corrected chi connectivity index (χ3v) is 5.14. The van der Waals surface area contributed by atoms with Gasteiger partial charge in [0.05, 0.1) is 0 Å². The molecule has 3 atom stereocenters. The summed E-state index contributed by atoms with van der Waals surface area (Å²) >= 11 is 5.52.